The molecule has 0 N–H and O–H groups in total. The number of pyridine rings is 1. The van der Waals surface area contributed by atoms with Crippen molar-refractivity contribution in [2.24, 2.45) is 0 Å². The molecule has 1 unspecified atom stereocenters. The fraction of sp³-hybridized carbons (Fsp3) is 0.241. The second-order valence-corrected chi connectivity index (χ2v) is 9.93. The average molecular weight is 514 g/mol. The maximum absolute atomic E-state index is 12.7. The zero-order valence-corrected chi connectivity index (χ0v) is 21.8. The molecule has 2 aliphatic heterocycles. The standard InChI is InChI=1S/C16H14ClN3O.C13H14N2O/c1-19-8-9-20-15(21)13-6-7-18-10-14(13)16(19,20)11-2-4-12(17)5-3-11;1-10(2)13-8-12(9-16)15(14-13)11-6-4-3-5-7-11/h2-7,10H,8-9H2,1H3;3-10H,1-2H3. The summed E-state index contributed by atoms with van der Waals surface area (Å²) in [4.78, 5) is 32.1. The quantitative estimate of drug-likeness (QED) is 0.353. The molecular formula is C29H28ClN5O2. The molecule has 1 atom stereocenters. The van der Waals surface area contributed by atoms with E-state index in [1.165, 1.54) is 0 Å². The van der Waals surface area contributed by atoms with E-state index in [-0.39, 0.29) is 5.91 Å². The van der Waals surface area contributed by atoms with Gasteiger partial charge in [0.1, 0.15) is 5.69 Å². The number of nitrogens with zero attached hydrogens (tertiary/aromatic N) is 5. The SMILES string of the molecule is CC(C)c1cc(C=O)n(-c2ccccc2)n1.CN1CCN2C(=O)c3ccncc3C12c1ccc(Cl)cc1. The molecule has 2 aliphatic rings. The molecular weight excluding hydrogens is 486 g/mol. The van der Waals surface area contributed by atoms with Gasteiger partial charge in [0, 0.05) is 41.6 Å². The zero-order chi connectivity index (χ0) is 26.2. The molecule has 4 aromatic rings. The minimum absolute atomic E-state index is 0.0756. The number of carbonyl (C=O) groups excluding carboxylic acids is 2. The molecule has 7 nitrogen and oxygen atoms in total. The van der Waals surface area contributed by atoms with Crippen LogP contribution in [0.4, 0.5) is 0 Å². The van der Waals surface area contributed by atoms with Crippen molar-refractivity contribution >= 4 is 23.8 Å². The number of halogens is 1. The molecule has 1 amide bonds. The number of likely N-dealkylation sites (N-methyl/N-ethyl adjacent to an activating group) is 1. The predicted molar refractivity (Wildman–Crippen MR) is 143 cm³/mol. The van der Waals surface area contributed by atoms with Gasteiger partial charge in [-0.1, -0.05) is 55.8 Å². The summed E-state index contributed by atoms with van der Waals surface area (Å²) in [6, 6.07) is 21.0. The van der Waals surface area contributed by atoms with Gasteiger partial charge >= 0.3 is 0 Å². The van der Waals surface area contributed by atoms with Crippen LogP contribution in [0.15, 0.2) is 79.1 Å². The molecule has 0 bridgehead atoms. The number of hydrogen-bond donors (Lipinski definition) is 0. The van der Waals surface area contributed by atoms with Crippen LogP contribution in [-0.2, 0) is 5.66 Å². The Balaban J connectivity index is 0.000000158. The molecule has 0 aliphatic carbocycles. The normalized spacial score (nSPS) is 18.4. The molecule has 1 saturated heterocycles. The van der Waals surface area contributed by atoms with Crippen molar-refractivity contribution in [3.05, 3.63) is 112 Å². The maximum atomic E-state index is 12.7. The first-order valence-electron chi connectivity index (χ1n) is 12.2. The summed E-state index contributed by atoms with van der Waals surface area (Å²) in [6.45, 7) is 5.67. The largest absolute Gasteiger partial charge is 0.311 e. The average Bonchev–Trinajstić information content (AvgIpc) is 3.58. The van der Waals surface area contributed by atoms with Crippen LogP contribution in [0.2, 0.25) is 5.02 Å². The van der Waals surface area contributed by atoms with E-state index in [1.807, 2.05) is 84.9 Å². The Bertz CT molecular complexity index is 1430. The van der Waals surface area contributed by atoms with Gasteiger partial charge in [0.15, 0.2) is 11.9 Å². The lowest BCUT2D eigenvalue weighted by Gasteiger charge is -2.38. The van der Waals surface area contributed by atoms with Gasteiger partial charge in [-0.15, -0.1) is 0 Å². The van der Waals surface area contributed by atoms with Crippen molar-refractivity contribution in [3.63, 3.8) is 0 Å². The number of amides is 1. The molecule has 0 spiro atoms. The maximum Gasteiger partial charge on any atom is 0.256 e. The van der Waals surface area contributed by atoms with Crippen LogP contribution in [0, 0.1) is 0 Å². The van der Waals surface area contributed by atoms with Crippen molar-refractivity contribution in [2.45, 2.75) is 25.4 Å². The van der Waals surface area contributed by atoms with Crippen molar-refractivity contribution < 1.29 is 9.59 Å². The van der Waals surface area contributed by atoms with Crippen LogP contribution in [0.25, 0.3) is 5.69 Å². The molecule has 0 radical (unpaired) electrons. The fourth-order valence-electron chi connectivity index (χ4n) is 5.15. The van der Waals surface area contributed by atoms with Gasteiger partial charge in [-0.2, -0.15) is 5.10 Å². The number of aromatic nitrogens is 3. The van der Waals surface area contributed by atoms with Crippen molar-refractivity contribution in [2.75, 3.05) is 20.1 Å². The Morgan fingerprint density at radius 1 is 1.03 bits per heavy atom. The third kappa shape index (κ3) is 4.14. The number of fused-ring (bicyclic) bond motifs is 3. The summed E-state index contributed by atoms with van der Waals surface area (Å²) in [5.41, 5.74) is 4.64. The van der Waals surface area contributed by atoms with Crippen LogP contribution in [0.3, 0.4) is 0 Å². The highest BCUT2D eigenvalue weighted by molar-refractivity contribution is 6.30. The van der Waals surface area contributed by atoms with Crippen LogP contribution >= 0.6 is 11.6 Å². The second-order valence-electron chi connectivity index (χ2n) is 9.49. The lowest BCUT2D eigenvalue weighted by atomic mass is 9.91. The first-order chi connectivity index (χ1) is 17.9. The number of hydrogen-bond acceptors (Lipinski definition) is 5. The zero-order valence-electron chi connectivity index (χ0n) is 21.0. The van der Waals surface area contributed by atoms with Gasteiger partial charge in [-0.25, -0.2) is 4.68 Å². The number of aldehydes is 1. The Morgan fingerprint density at radius 2 is 1.76 bits per heavy atom. The molecule has 4 heterocycles. The third-order valence-corrected chi connectivity index (χ3v) is 7.24. The first-order valence-corrected chi connectivity index (χ1v) is 12.6. The molecule has 6 rings (SSSR count). The van der Waals surface area contributed by atoms with E-state index in [0.717, 1.165) is 40.9 Å². The number of para-hydroxylation sites is 1. The van der Waals surface area contributed by atoms with E-state index in [2.05, 4.69) is 28.8 Å². The minimum atomic E-state index is -0.550. The second kappa shape index (κ2) is 9.92. The van der Waals surface area contributed by atoms with E-state index in [0.29, 0.717) is 23.2 Å². The number of carbonyl (C=O) groups is 2. The van der Waals surface area contributed by atoms with E-state index >= 15 is 0 Å². The fourth-order valence-corrected chi connectivity index (χ4v) is 5.28. The van der Waals surface area contributed by atoms with Crippen molar-refractivity contribution in [1.29, 1.82) is 0 Å². The topological polar surface area (TPSA) is 71.3 Å². The van der Waals surface area contributed by atoms with Crippen molar-refractivity contribution in [3.8, 4) is 5.69 Å². The molecule has 0 saturated carbocycles. The minimum Gasteiger partial charge on any atom is -0.311 e. The van der Waals surface area contributed by atoms with Gasteiger partial charge in [-0.05, 0) is 54.9 Å². The molecule has 8 heteroatoms. The van der Waals surface area contributed by atoms with E-state index in [1.54, 1.807) is 10.9 Å². The molecule has 2 aromatic heterocycles. The highest BCUT2D eigenvalue weighted by atomic mass is 35.5. The number of rotatable bonds is 4. The summed E-state index contributed by atoms with van der Waals surface area (Å²) < 4.78 is 1.68. The predicted octanol–water partition coefficient (Wildman–Crippen LogP) is 5.15. The van der Waals surface area contributed by atoms with Crippen LogP contribution in [-0.4, -0.2) is 56.9 Å². The first kappa shape index (κ1) is 24.9. The summed E-state index contributed by atoms with van der Waals surface area (Å²) >= 11 is 6.02. The molecule has 1 fully saturated rings. The van der Waals surface area contributed by atoms with Crippen LogP contribution in [0.1, 0.15) is 57.4 Å². The lowest BCUT2D eigenvalue weighted by Crippen LogP contribution is -2.47. The molecule has 188 valence electrons. The summed E-state index contributed by atoms with van der Waals surface area (Å²) in [6.07, 6.45) is 4.32. The van der Waals surface area contributed by atoms with Crippen LogP contribution < -0.4 is 0 Å². The Kier molecular flexibility index (Phi) is 6.67. The van der Waals surface area contributed by atoms with Crippen molar-refractivity contribution in [1.82, 2.24) is 24.6 Å². The van der Waals surface area contributed by atoms with Gasteiger partial charge < -0.3 is 4.90 Å². The third-order valence-electron chi connectivity index (χ3n) is 6.99. The summed E-state index contributed by atoms with van der Waals surface area (Å²) in [5, 5.41) is 5.13. The van der Waals surface area contributed by atoms with Gasteiger partial charge in [0.05, 0.1) is 11.4 Å². The van der Waals surface area contributed by atoms with Crippen LogP contribution in [0.5, 0.6) is 0 Å². The Morgan fingerprint density at radius 3 is 2.43 bits per heavy atom. The Hall–Kier alpha value is -3.81. The highest BCUT2D eigenvalue weighted by Gasteiger charge is 2.56. The lowest BCUT2D eigenvalue weighted by molar-refractivity contribution is 0.0526. The monoisotopic (exact) mass is 513 g/mol. The van der Waals surface area contributed by atoms with Gasteiger partial charge in [0.25, 0.3) is 5.91 Å². The van der Waals surface area contributed by atoms with Gasteiger partial charge in [-0.3, -0.25) is 19.5 Å². The summed E-state index contributed by atoms with van der Waals surface area (Å²) in [5.74, 6) is 0.398. The molecule has 37 heavy (non-hydrogen) atoms. The smallest absolute Gasteiger partial charge is 0.256 e. The Labute approximate surface area is 221 Å². The van der Waals surface area contributed by atoms with E-state index < -0.39 is 5.66 Å². The number of benzene rings is 2. The molecule has 2 aromatic carbocycles. The summed E-state index contributed by atoms with van der Waals surface area (Å²) in [7, 11) is 2.05. The van der Waals surface area contributed by atoms with E-state index in [4.69, 9.17) is 11.6 Å². The highest BCUT2D eigenvalue weighted by Crippen LogP contribution is 2.48. The van der Waals surface area contributed by atoms with E-state index in [9.17, 15) is 9.59 Å². The van der Waals surface area contributed by atoms with Gasteiger partial charge in [0.2, 0.25) is 0 Å².